The van der Waals surface area contributed by atoms with Gasteiger partial charge >= 0.3 is 0 Å². The highest BCUT2D eigenvalue weighted by atomic mass is 79.9. The van der Waals surface area contributed by atoms with Crippen molar-refractivity contribution in [3.05, 3.63) is 71.5 Å². The number of fused-ring (bicyclic) bond motifs is 2. The Hall–Kier alpha value is -2.37. The molecule has 1 aromatic heterocycles. The van der Waals surface area contributed by atoms with Crippen molar-refractivity contribution in [1.82, 2.24) is 9.55 Å². The highest BCUT2D eigenvalue weighted by molar-refractivity contribution is 9.10. The van der Waals surface area contributed by atoms with Gasteiger partial charge in [-0.25, -0.2) is 4.98 Å². The number of aromatic nitrogens is 2. The molecule has 0 bridgehead atoms. The summed E-state index contributed by atoms with van der Waals surface area (Å²) < 4.78 is 8.69. The van der Waals surface area contributed by atoms with Gasteiger partial charge in [0, 0.05) is 0 Å². The zero-order valence-electron chi connectivity index (χ0n) is 13.5. The van der Waals surface area contributed by atoms with E-state index in [2.05, 4.69) is 27.0 Å². The highest BCUT2D eigenvalue weighted by Gasteiger charge is 2.11. The van der Waals surface area contributed by atoms with Crippen molar-refractivity contribution in [3.63, 3.8) is 0 Å². The molecule has 126 valence electrons. The second kappa shape index (κ2) is 6.86. The summed E-state index contributed by atoms with van der Waals surface area (Å²) in [6.07, 6.45) is 1.12. The molecule has 0 saturated carbocycles. The minimum absolute atomic E-state index is 0.212. The zero-order chi connectivity index (χ0) is 17.2. The molecule has 0 aliphatic rings. The van der Waals surface area contributed by atoms with Crippen molar-refractivity contribution in [3.8, 4) is 5.75 Å². The fourth-order valence-corrected chi connectivity index (χ4v) is 3.55. The molecule has 0 spiro atoms. The molecule has 4 nitrogen and oxygen atoms in total. The molecule has 0 saturated heterocycles. The number of benzene rings is 3. The molecule has 25 heavy (non-hydrogen) atoms. The Balaban J connectivity index is 1.47. The number of para-hydroxylation sites is 2. The summed E-state index contributed by atoms with van der Waals surface area (Å²) in [7, 11) is 0. The Kier molecular flexibility index (Phi) is 4.42. The Morgan fingerprint density at radius 2 is 1.84 bits per heavy atom. The van der Waals surface area contributed by atoms with Crippen LogP contribution in [0.3, 0.4) is 0 Å². The van der Waals surface area contributed by atoms with Crippen LogP contribution >= 0.6 is 15.9 Å². The predicted octanol–water partition coefficient (Wildman–Crippen LogP) is 4.39. The largest absolute Gasteiger partial charge is 0.490 e. The third-order valence-electron chi connectivity index (χ3n) is 4.19. The van der Waals surface area contributed by atoms with Gasteiger partial charge in [-0.1, -0.05) is 42.5 Å². The van der Waals surface area contributed by atoms with Gasteiger partial charge in [-0.2, -0.15) is 0 Å². The van der Waals surface area contributed by atoms with Crippen molar-refractivity contribution in [2.45, 2.75) is 12.6 Å². The Morgan fingerprint density at radius 3 is 2.76 bits per heavy atom. The molecule has 4 rings (SSSR count). The molecular formula is C20H17BrN2O2. The van der Waals surface area contributed by atoms with Gasteiger partial charge in [-0.15, -0.1) is 0 Å². The molecule has 5 heteroatoms. The SMILES string of the molecule is OC(COc1ccc2ccccc2c1Br)Cn1cnc2ccccc21. The topological polar surface area (TPSA) is 47.3 Å². The third-order valence-corrected chi connectivity index (χ3v) is 5.01. The van der Waals surface area contributed by atoms with Crippen LogP contribution in [0.4, 0.5) is 0 Å². The maximum Gasteiger partial charge on any atom is 0.134 e. The van der Waals surface area contributed by atoms with Crippen LogP contribution in [0.1, 0.15) is 0 Å². The van der Waals surface area contributed by atoms with Gasteiger partial charge in [0.25, 0.3) is 0 Å². The van der Waals surface area contributed by atoms with Crippen LogP contribution in [-0.4, -0.2) is 27.4 Å². The first kappa shape index (κ1) is 16.1. The molecule has 1 unspecified atom stereocenters. The number of aliphatic hydroxyl groups is 1. The second-order valence-corrected chi connectivity index (χ2v) is 6.74. The molecule has 0 radical (unpaired) electrons. The molecule has 3 aromatic carbocycles. The number of aliphatic hydroxyl groups excluding tert-OH is 1. The molecular weight excluding hydrogens is 380 g/mol. The van der Waals surface area contributed by atoms with Crippen molar-refractivity contribution < 1.29 is 9.84 Å². The lowest BCUT2D eigenvalue weighted by Crippen LogP contribution is -2.23. The smallest absolute Gasteiger partial charge is 0.134 e. The average molecular weight is 397 g/mol. The lowest BCUT2D eigenvalue weighted by Gasteiger charge is -2.15. The lowest BCUT2D eigenvalue weighted by atomic mass is 10.1. The van der Waals surface area contributed by atoms with E-state index in [0.717, 1.165) is 32.0 Å². The van der Waals surface area contributed by atoms with Gasteiger partial charge in [0.1, 0.15) is 18.5 Å². The molecule has 1 atom stereocenters. The van der Waals surface area contributed by atoms with E-state index in [9.17, 15) is 5.11 Å². The monoisotopic (exact) mass is 396 g/mol. The van der Waals surface area contributed by atoms with E-state index in [1.54, 1.807) is 6.33 Å². The number of hydrogen-bond acceptors (Lipinski definition) is 3. The van der Waals surface area contributed by atoms with E-state index in [0.29, 0.717) is 6.54 Å². The normalized spacial score (nSPS) is 12.6. The molecule has 4 aromatic rings. The van der Waals surface area contributed by atoms with Gasteiger partial charge in [-0.3, -0.25) is 0 Å². The summed E-state index contributed by atoms with van der Waals surface area (Å²) in [5.74, 6) is 0.730. The molecule has 1 N–H and O–H groups in total. The summed E-state index contributed by atoms with van der Waals surface area (Å²) in [6, 6.07) is 19.9. The Morgan fingerprint density at radius 1 is 1.04 bits per heavy atom. The van der Waals surface area contributed by atoms with Gasteiger partial charge < -0.3 is 14.4 Å². The quantitative estimate of drug-likeness (QED) is 0.543. The fraction of sp³-hybridized carbons (Fsp3) is 0.150. The standard InChI is InChI=1S/C20H17BrN2O2/c21-20-16-6-2-1-5-14(16)9-10-19(20)25-12-15(24)11-23-13-22-17-7-3-4-8-18(17)23/h1-10,13,15,24H,11-12H2. The first-order chi connectivity index (χ1) is 12.2. The van der Waals surface area contributed by atoms with E-state index in [4.69, 9.17) is 4.74 Å². The van der Waals surface area contributed by atoms with Crippen LogP contribution < -0.4 is 4.74 Å². The second-order valence-electron chi connectivity index (χ2n) is 5.95. The third kappa shape index (κ3) is 3.25. The van der Waals surface area contributed by atoms with Gasteiger partial charge in [0.2, 0.25) is 0 Å². The number of rotatable bonds is 5. The van der Waals surface area contributed by atoms with E-state index in [-0.39, 0.29) is 6.61 Å². The molecule has 0 amide bonds. The fourth-order valence-electron chi connectivity index (χ4n) is 2.95. The van der Waals surface area contributed by atoms with Gasteiger partial charge in [-0.05, 0) is 44.9 Å². The minimum atomic E-state index is -0.629. The van der Waals surface area contributed by atoms with Crippen molar-refractivity contribution in [2.75, 3.05) is 6.61 Å². The van der Waals surface area contributed by atoms with E-state index in [1.807, 2.05) is 59.2 Å². The molecule has 0 aliphatic heterocycles. The van der Waals surface area contributed by atoms with Crippen molar-refractivity contribution in [1.29, 1.82) is 0 Å². The van der Waals surface area contributed by atoms with Crippen LogP contribution in [0.5, 0.6) is 5.75 Å². The highest BCUT2D eigenvalue weighted by Crippen LogP contribution is 2.33. The molecule has 0 aliphatic carbocycles. The number of hydrogen-bond donors (Lipinski definition) is 1. The summed E-state index contributed by atoms with van der Waals surface area (Å²) in [5.41, 5.74) is 1.93. The number of halogens is 1. The Bertz CT molecular complexity index is 1030. The van der Waals surface area contributed by atoms with Crippen LogP contribution in [0.2, 0.25) is 0 Å². The zero-order valence-corrected chi connectivity index (χ0v) is 15.1. The number of imidazole rings is 1. The van der Waals surface area contributed by atoms with Crippen molar-refractivity contribution >= 4 is 37.7 Å². The van der Waals surface area contributed by atoms with Gasteiger partial charge in [0.15, 0.2) is 0 Å². The average Bonchev–Trinajstić information content (AvgIpc) is 3.04. The van der Waals surface area contributed by atoms with E-state index >= 15 is 0 Å². The number of nitrogens with zero attached hydrogens (tertiary/aromatic N) is 2. The summed E-state index contributed by atoms with van der Waals surface area (Å²) in [4.78, 5) is 4.34. The summed E-state index contributed by atoms with van der Waals surface area (Å²) in [6.45, 7) is 0.648. The van der Waals surface area contributed by atoms with Crippen LogP contribution in [-0.2, 0) is 6.54 Å². The predicted molar refractivity (Wildman–Crippen MR) is 103 cm³/mol. The van der Waals surface area contributed by atoms with Gasteiger partial charge in [0.05, 0.1) is 28.4 Å². The van der Waals surface area contributed by atoms with Crippen LogP contribution in [0.25, 0.3) is 21.8 Å². The van der Waals surface area contributed by atoms with Crippen LogP contribution in [0, 0.1) is 0 Å². The maximum atomic E-state index is 10.4. The maximum absolute atomic E-state index is 10.4. The van der Waals surface area contributed by atoms with Crippen LogP contribution in [0.15, 0.2) is 71.5 Å². The van der Waals surface area contributed by atoms with E-state index < -0.39 is 6.10 Å². The van der Waals surface area contributed by atoms with Crippen molar-refractivity contribution in [2.24, 2.45) is 0 Å². The molecule has 1 heterocycles. The lowest BCUT2D eigenvalue weighted by molar-refractivity contribution is 0.0931. The summed E-state index contributed by atoms with van der Waals surface area (Å²) >= 11 is 3.60. The Labute approximate surface area is 153 Å². The first-order valence-electron chi connectivity index (χ1n) is 8.10. The summed E-state index contributed by atoms with van der Waals surface area (Å²) in [5, 5.41) is 12.6. The first-order valence-corrected chi connectivity index (χ1v) is 8.89. The minimum Gasteiger partial charge on any atom is -0.490 e. The van der Waals surface area contributed by atoms with E-state index in [1.165, 1.54) is 0 Å². The molecule has 0 fully saturated rings. The number of ether oxygens (including phenoxy) is 1.